The Kier molecular flexibility index (Phi) is 8.02. The Labute approximate surface area is 267 Å². The summed E-state index contributed by atoms with van der Waals surface area (Å²) in [6, 6.07) is 13.8. The van der Waals surface area contributed by atoms with Crippen LogP contribution in [0.25, 0.3) is 28.2 Å². The van der Waals surface area contributed by atoms with Gasteiger partial charge in [-0.05, 0) is 47.9 Å². The van der Waals surface area contributed by atoms with Gasteiger partial charge in [-0.25, -0.2) is 9.67 Å². The highest BCUT2D eigenvalue weighted by Gasteiger charge is 2.26. The molecule has 1 aliphatic heterocycles. The first-order valence-electron chi connectivity index (χ1n) is 13.8. The van der Waals surface area contributed by atoms with Crippen molar-refractivity contribution in [3.8, 4) is 28.2 Å². The van der Waals surface area contributed by atoms with Crippen LogP contribution in [0.4, 0.5) is 5.69 Å². The maximum atomic E-state index is 13.8. The Balaban J connectivity index is 1.46. The van der Waals surface area contributed by atoms with Crippen LogP contribution in [0, 0.1) is 5.92 Å². The van der Waals surface area contributed by atoms with Gasteiger partial charge >= 0.3 is 0 Å². The van der Waals surface area contributed by atoms with Gasteiger partial charge in [-0.2, -0.15) is 5.10 Å². The third kappa shape index (κ3) is 5.86. The Hall–Kier alpha value is -4.09. The molecule has 2 atom stereocenters. The van der Waals surface area contributed by atoms with Crippen LogP contribution in [-0.2, 0) is 10.0 Å². The Morgan fingerprint density at radius 1 is 1.05 bits per heavy atom. The molecule has 3 aromatic heterocycles. The molecule has 6 radical (unpaired) electrons. The zero-order chi connectivity index (χ0) is 31.2. The van der Waals surface area contributed by atoms with E-state index in [1.165, 1.54) is 28.0 Å². The van der Waals surface area contributed by atoms with Gasteiger partial charge in [0.15, 0.2) is 5.15 Å². The average molecular weight is 619 g/mol. The third-order valence-corrected chi connectivity index (χ3v) is 8.03. The molecule has 0 spiro atoms. The summed E-state index contributed by atoms with van der Waals surface area (Å²) in [6.07, 6.45) is 6.39. The van der Waals surface area contributed by atoms with Crippen LogP contribution in [0.1, 0.15) is 37.8 Å². The second kappa shape index (κ2) is 11.8. The van der Waals surface area contributed by atoms with E-state index in [0.717, 1.165) is 5.56 Å². The maximum Gasteiger partial charge on any atom is 0.254 e. The highest BCUT2D eigenvalue weighted by Crippen LogP contribution is 2.35. The van der Waals surface area contributed by atoms with Crippen molar-refractivity contribution in [2.75, 3.05) is 5.32 Å². The highest BCUT2D eigenvalue weighted by atomic mass is 35.5. The molecule has 0 saturated heterocycles. The molecule has 2 bridgehead atoms. The van der Waals surface area contributed by atoms with E-state index < -0.39 is 11.3 Å². The van der Waals surface area contributed by atoms with Crippen molar-refractivity contribution < 1.29 is 4.79 Å². The molecule has 44 heavy (non-hydrogen) atoms. The number of benzene rings is 2. The van der Waals surface area contributed by atoms with Crippen LogP contribution in [0.5, 0.6) is 0 Å². The van der Waals surface area contributed by atoms with E-state index in [2.05, 4.69) is 25.7 Å². The number of fused-ring (bicyclic) bond motifs is 4. The summed E-state index contributed by atoms with van der Waals surface area (Å²) in [6.45, 7) is 1.85. The number of rotatable bonds is 4. The molecular weight excluding hydrogens is 596 g/mol. The number of nitrogens with one attached hydrogen (secondary N) is 1. The number of hydrogen-bond acceptors (Lipinski definition) is 6. The normalized spacial score (nSPS) is 17.3. The van der Waals surface area contributed by atoms with Gasteiger partial charge in [0.2, 0.25) is 5.91 Å². The van der Waals surface area contributed by atoms with Crippen molar-refractivity contribution in [3.05, 3.63) is 93.3 Å². The lowest BCUT2D eigenvalue weighted by atomic mass is 9.49. The van der Waals surface area contributed by atoms with Crippen LogP contribution in [0.3, 0.4) is 0 Å². The number of halogens is 2. The maximum absolute atomic E-state index is 13.8. The minimum absolute atomic E-state index is 0.176. The zero-order valence-electron chi connectivity index (χ0n) is 23.6. The first-order chi connectivity index (χ1) is 21.0. The molecule has 0 aliphatic carbocycles. The molecule has 4 heterocycles. The quantitative estimate of drug-likeness (QED) is 0.304. The molecule has 0 saturated carbocycles. The highest BCUT2D eigenvalue weighted by molar-refractivity contribution is 6.56. The number of hydrogen-bond donors (Lipinski definition) is 1. The van der Waals surface area contributed by atoms with Crippen LogP contribution in [-0.4, -0.2) is 63.8 Å². The van der Waals surface area contributed by atoms with Crippen molar-refractivity contribution in [1.82, 2.24) is 34.3 Å². The van der Waals surface area contributed by atoms with Crippen molar-refractivity contribution in [3.63, 3.8) is 0 Å². The second-order valence-electron chi connectivity index (χ2n) is 10.8. The van der Waals surface area contributed by atoms with Gasteiger partial charge in [0.25, 0.3) is 5.56 Å². The topological polar surface area (TPSA) is 113 Å². The molecule has 1 N–H and O–H groups in total. The summed E-state index contributed by atoms with van der Waals surface area (Å²) < 4.78 is 4.35. The number of amides is 1. The minimum Gasteiger partial charge on any atom is -0.323 e. The number of carbonyl (C=O) groups is 1. The molecule has 5 aromatic rings. The number of carbonyl (C=O) groups excluding carboxylic acids is 1. The van der Waals surface area contributed by atoms with Crippen molar-refractivity contribution >= 4 is 58.3 Å². The SMILES string of the molecule is [B]C([B])([B])n1ncc2c1-c1cccc(c1)[C@@H](n1cnc(-c3cc(Cl)ccc3-n3cc(Cl)nn3)cc1=O)CCC[C@@H](C)C(=O)N2. The molecular formula is C29H23B3Cl2N8O2. The van der Waals surface area contributed by atoms with Gasteiger partial charge in [0, 0.05) is 28.1 Å². The molecule has 1 amide bonds. The van der Waals surface area contributed by atoms with Gasteiger partial charge in [-0.1, -0.05) is 60.0 Å². The van der Waals surface area contributed by atoms with Gasteiger partial charge < -0.3 is 5.32 Å². The fraction of sp³-hybridized carbons (Fsp3) is 0.241. The van der Waals surface area contributed by atoms with Crippen LogP contribution >= 0.6 is 23.2 Å². The largest absolute Gasteiger partial charge is 0.323 e. The summed E-state index contributed by atoms with van der Waals surface area (Å²) in [5.74, 6) is -0.489. The average Bonchev–Trinajstić information content (AvgIpc) is 3.61. The Bertz CT molecular complexity index is 1930. The predicted molar refractivity (Wildman–Crippen MR) is 172 cm³/mol. The summed E-state index contributed by atoms with van der Waals surface area (Å²) in [5.41, 5.74) is 3.69. The summed E-state index contributed by atoms with van der Waals surface area (Å²) in [7, 11) is 18.1. The first-order valence-corrected chi connectivity index (χ1v) is 14.6. The smallest absolute Gasteiger partial charge is 0.254 e. The Morgan fingerprint density at radius 2 is 1.86 bits per heavy atom. The molecule has 0 fully saturated rings. The zero-order valence-corrected chi connectivity index (χ0v) is 25.1. The van der Waals surface area contributed by atoms with Gasteiger partial charge in [0.1, 0.15) is 0 Å². The summed E-state index contributed by atoms with van der Waals surface area (Å²) in [5, 5.41) is 14.0. The van der Waals surface area contributed by atoms with E-state index in [1.807, 2.05) is 31.2 Å². The van der Waals surface area contributed by atoms with Crippen LogP contribution < -0.4 is 10.9 Å². The van der Waals surface area contributed by atoms with E-state index in [1.54, 1.807) is 29.0 Å². The van der Waals surface area contributed by atoms with E-state index >= 15 is 0 Å². The number of nitrogens with zero attached hydrogens (tertiary/aromatic N) is 7. The van der Waals surface area contributed by atoms with Crippen molar-refractivity contribution in [2.45, 2.75) is 37.5 Å². The molecule has 2 aromatic carbocycles. The predicted octanol–water partition coefficient (Wildman–Crippen LogP) is 4.08. The monoisotopic (exact) mass is 618 g/mol. The molecule has 6 rings (SSSR count). The van der Waals surface area contributed by atoms with E-state index in [9.17, 15) is 9.59 Å². The molecule has 0 unspecified atom stereocenters. The van der Waals surface area contributed by atoms with Crippen molar-refractivity contribution in [2.24, 2.45) is 5.92 Å². The van der Waals surface area contributed by atoms with Gasteiger partial charge in [0.05, 0.1) is 71.1 Å². The fourth-order valence-corrected chi connectivity index (χ4v) is 5.74. The van der Waals surface area contributed by atoms with Crippen LogP contribution in [0.2, 0.25) is 10.2 Å². The molecule has 1 aliphatic rings. The van der Waals surface area contributed by atoms with Crippen molar-refractivity contribution in [1.29, 1.82) is 0 Å². The Morgan fingerprint density at radius 3 is 2.59 bits per heavy atom. The second-order valence-corrected chi connectivity index (χ2v) is 11.7. The third-order valence-electron chi connectivity index (χ3n) is 7.62. The van der Waals surface area contributed by atoms with E-state index in [-0.39, 0.29) is 22.5 Å². The standard InChI is InChI=1S/C29H23B3Cl2N8O2/c1-16-4-2-7-23(17-5-3-6-18(10-17)27-22(37-28(16)44)13-36-42(27)29(30,31)32)40-15-35-21(12-26(40)43)20-11-19(33)8-9-24(20)41-14-25(34)38-39-41/h3,5-6,8-16,23H,2,4,7H2,1H3,(H,37,44)/t16-,23+/m1/s1. The summed E-state index contributed by atoms with van der Waals surface area (Å²) in [4.78, 5) is 31.5. The lowest BCUT2D eigenvalue weighted by Crippen LogP contribution is -2.36. The molecule has 214 valence electrons. The van der Waals surface area contributed by atoms with Gasteiger partial charge in [-0.15, -0.1) is 5.10 Å². The number of anilines is 1. The minimum atomic E-state index is -1.83. The lowest BCUT2D eigenvalue weighted by molar-refractivity contribution is -0.119. The van der Waals surface area contributed by atoms with Gasteiger partial charge in [-0.3, -0.25) is 18.8 Å². The van der Waals surface area contributed by atoms with E-state index in [0.29, 0.717) is 58.2 Å². The molecule has 10 nitrogen and oxygen atoms in total. The number of aromatic nitrogens is 7. The lowest BCUT2D eigenvalue weighted by Gasteiger charge is -2.26. The molecule has 15 heteroatoms. The fourth-order valence-electron chi connectivity index (χ4n) is 5.44. The van der Waals surface area contributed by atoms with E-state index in [4.69, 9.17) is 46.7 Å². The first kappa shape index (κ1) is 30.0. The van der Waals surface area contributed by atoms with Crippen LogP contribution in [0.15, 0.2) is 72.0 Å². The summed E-state index contributed by atoms with van der Waals surface area (Å²) >= 11 is 12.3.